The summed E-state index contributed by atoms with van der Waals surface area (Å²) in [5.41, 5.74) is -4.05. The number of carbonyl (C=O) groups is 1. The fourth-order valence-corrected chi connectivity index (χ4v) is 6.15. The van der Waals surface area contributed by atoms with Gasteiger partial charge >= 0.3 is 12.2 Å². The normalized spacial score (nSPS) is 18.1. The molecule has 0 aromatic carbocycles. The number of hydrogen-bond donors (Lipinski definition) is 1. The van der Waals surface area contributed by atoms with Gasteiger partial charge in [0.05, 0.1) is 47.3 Å². The molecule has 5 heterocycles. The molecule has 2 amide bonds. The molecule has 0 spiro atoms. The lowest BCUT2D eigenvalue weighted by molar-refractivity contribution is -0.181. The maximum absolute atomic E-state index is 14.3. The van der Waals surface area contributed by atoms with Crippen LogP contribution in [0.4, 0.5) is 42.5 Å². The Morgan fingerprint density at radius 3 is 2.40 bits per heavy atom. The highest BCUT2D eigenvalue weighted by molar-refractivity contribution is 6.74. The number of amides is 2. The molecule has 2 atom stereocenters. The summed E-state index contributed by atoms with van der Waals surface area (Å²) < 4.78 is 92.3. The van der Waals surface area contributed by atoms with Crippen molar-refractivity contribution in [2.75, 3.05) is 16.8 Å². The zero-order valence-electron chi connectivity index (χ0n) is 25.4. The van der Waals surface area contributed by atoms with E-state index in [1.165, 1.54) is 6.20 Å². The molecule has 0 fully saturated rings. The van der Waals surface area contributed by atoms with Gasteiger partial charge in [0.25, 0.3) is 6.43 Å². The van der Waals surface area contributed by atoms with Gasteiger partial charge in [0, 0.05) is 12.6 Å². The third-order valence-corrected chi connectivity index (χ3v) is 12.9. The number of alkyl halides is 5. The van der Waals surface area contributed by atoms with Crippen LogP contribution in [0.15, 0.2) is 30.7 Å². The first-order valence-electron chi connectivity index (χ1n) is 13.8. The summed E-state index contributed by atoms with van der Waals surface area (Å²) in [6.07, 6.45) is -4.97. The zero-order valence-corrected chi connectivity index (χ0v) is 26.4. The van der Waals surface area contributed by atoms with Crippen molar-refractivity contribution in [3.8, 4) is 5.82 Å². The Hall–Kier alpha value is -4.06. The lowest BCUT2D eigenvalue weighted by atomic mass is 9.88. The van der Waals surface area contributed by atoms with Crippen molar-refractivity contribution in [2.45, 2.75) is 76.9 Å². The highest BCUT2D eigenvalue weighted by Crippen LogP contribution is 2.50. The van der Waals surface area contributed by atoms with Gasteiger partial charge in [-0.25, -0.2) is 28.1 Å². The van der Waals surface area contributed by atoms with E-state index in [9.17, 15) is 31.1 Å². The molecular formula is C27H31F6N9O2Si. The van der Waals surface area contributed by atoms with Gasteiger partial charge in [0.15, 0.2) is 19.8 Å². The Labute approximate surface area is 254 Å². The predicted molar refractivity (Wildman–Crippen MR) is 154 cm³/mol. The first kappa shape index (κ1) is 32.3. The Morgan fingerprint density at radius 1 is 1.09 bits per heavy atom. The van der Waals surface area contributed by atoms with Gasteiger partial charge in [0.1, 0.15) is 11.1 Å². The first-order valence-corrected chi connectivity index (χ1v) is 16.7. The van der Waals surface area contributed by atoms with Crippen molar-refractivity contribution < 1.29 is 35.6 Å². The number of nitrogens with zero attached hydrogens (tertiary/aromatic N) is 8. The number of anilines is 2. The standard InChI is InChI=1S/C27H31F6N9O2Si/c1-14(44-45(6,7)25(2,3)4)17-11-36-42(38-17)23-16(22(29)30)8-15(10-35-23)37-24(43)40-13-26(5,27(31,32)33)21-18(40)12-34-20-9-19(28)39-41(20)21/h8-12,14,22H,13H2,1-7H3,(H,37,43)/t14?,26-/m1/s1. The van der Waals surface area contributed by atoms with Crippen LogP contribution in [0, 0.1) is 5.95 Å². The molecule has 5 rings (SSSR count). The van der Waals surface area contributed by atoms with E-state index < -0.39 is 62.2 Å². The van der Waals surface area contributed by atoms with Gasteiger partial charge in [-0.1, -0.05) is 20.8 Å². The smallest absolute Gasteiger partial charge is 0.401 e. The SMILES string of the molecule is CC(O[Si](C)(C)C(C)(C)C)c1cnn(-c2ncc(NC(=O)N3C[C@@](C)(C(F)(F)F)c4c3cnc3cc(F)nn43)cc2C(F)F)n1. The summed E-state index contributed by atoms with van der Waals surface area (Å²) in [5.74, 6) is -1.36. The minimum Gasteiger partial charge on any atom is -0.409 e. The van der Waals surface area contributed by atoms with Gasteiger partial charge in [-0.15, -0.1) is 15.0 Å². The fraction of sp³-hybridized carbons (Fsp3) is 0.481. The van der Waals surface area contributed by atoms with Crippen LogP contribution in [0.3, 0.4) is 0 Å². The highest BCUT2D eigenvalue weighted by Gasteiger charge is 2.60. The number of hydrogen-bond acceptors (Lipinski definition) is 7. The fourth-order valence-electron chi connectivity index (χ4n) is 4.80. The number of pyridine rings is 1. The lowest BCUT2D eigenvalue weighted by Crippen LogP contribution is -2.46. The maximum Gasteiger partial charge on any atom is 0.401 e. The first-order chi connectivity index (χ1) is 20.7. The Kier molecular flexibility index (Phi) is 7.75. The van der Waals surface area contributed by atoms with Gasteiger partial charge in [-0.2, -0.15) is 22.7 Å². The number of rotatable bonds is 6. The Bertz CT molecular complexity index is 1770. The van der Waals surface area contributed by atoms with Crippen LogP contribution in [-0.4, -0.2) is 61.6 Å². The van der Waals surface area contributed by atoms with E-state index in [0.717, 1.165) is 41.1 Å². The zero-order chi connectivity index (χ0) is 33.3. The third kappa shape index (κ3) is 5.64. The van der Waals surface area contributed by atoms with Gasteiger partial charge in [-0.3, -0.25) is 4.90 Å². The van der Waals surface area contributed by atoms with Crippen molar-refractivity contribution >= 4 is 31.4 Å². The molecule has 0 aliphatic carbocycles. The van der Waals surface area contributed by atoms with E-state index in [1.807, 2.05) is 0 Å². The van der Waals surface area contributed by atoms with E-state index in [4.69, 9.17) is 4.43 Å². The molecule has 242 valence electrons. The number of urea groups is 1. The molecule has 0 saturated heterocycles. The van der Waals surface area contributed by atoms with Crippen molar-refractivity contribution in [2.24, 2.45) is 0 Å². The molecule has 0 saturated carbocycles. The maximum atomic E-state index is 14.3. The lowest BCUT2D eigenvalue weighted by Gasteiger charge is -2.38. The number of halogens is 6. The second-order valence-electron chi connectivity index (χ2n) is 12.6. The molecular weight excluding hydrogens is 624 g/mol. The van der Waals surface area contributed by atoms with E-state index in [1.54, 1.807) is 6.92 Å². The van der Waals surface area contributed by atoms with Gasteiger partial charge in [-0.05, 0) is 38.0 Å². The number of carbonyl (C=O) groups excluding carboxylic acids is 1. The second kappa shape index (κ2) is 10.8. The van der Waals surface area contributed by atoms with E-state index in [0.29, 0.717) is 10.2 Å². The molecule has 1 unspecified atom stereocenters. The molecule has 45 heavy (non-hydrogen) atoms. The largest absolute Gasteiger partial charge is 0.409 e. The predicted octanol–water partition coefficient (Wildman–Crippen LogP) is 6.74. The summed E-state index contributed by atoms with van der Waals surface area (Å²) in [6, 6.07) is 0.718. The Morgan fingerprint density at radius 2 is 1.78 bits per heavy atom. The summed E-state index contributed by atoms with van der Waals surface area (Å²) in [5, 5.41) is 14.1. The van der Waals surface area contributed by atoms with Crippen LogP contribution in [0.5, 0.6) is 0 Å². The molecule has 4 aromatic rings. The van der Waals surface area contributed by atoms with Crippen LogP contribution in [0.25, 0.3) is 11.5 Å². The summed E-state index contributed by atoms with van der Waals surface area (Å²) >= 11 is 0. The molecule has 0 radical (unpaired) electrons. The van der Waals surface area contributed by atoms with Crippen LogP contribution in [0.1, 0.15) is 64.1 Å². The summed E-state index contributed by atoms with van der Waals surface area (Å²) in [6.45, 7) is 12.1. The van der Waals surface area contributed by atoms with Gasteiger partial charge in [0.2, 0.25) is 5.95 Å². The van der Waals surface area contributed by atoms with E-state index in [2.05, 4.69) is 64.4 Å². The minimum absolute atomic E-state index is 0.0791. The Balaban J connectivity index is 1.42. The number of aromatic nitrogens is 7. The molecule has 1 aliphatic rings. The second-order valence-corrected chi connectivity index (χ2v) is 17.3. The molecule has 4 aromatic heterocycles. The molecule has 1 N–H and O–H groups in total. The molecule has 18 heteroatoms. The van der Waals surface area contributed by atoms with Crippen molar-refractivity contribution in [1.29, 1.82) is 0 Å². The van der Waals surface area contributed by atoms with Crippen LogP contribution >= 0.6 is 0 Å². The van der Waals surface area contributed by atoms with Crippen LogP contribution < -0.4 is 10.2 Å². The number of nitrogens with one attached hydrogen (secondary N) is 1. The van der Waals surface area contributed by atoms with E-state index >= 15 is 0 Å². The highest BCUT2D eigenvalue weighted by atomic mass is 28.4. The molecule has 11 nitrogen and oxygen atoms in total. The summed E-state index contributed by atoms with van der Waals surface area (Å²) in [7, 11) is -2.18. The summed E-state index contributed by atoms with van der Waals surface area (Å²) in [4.78, 5) is 22.9. The average Bonchev–Trinajstić information content (AvgIpc) is 3.63. The van der Waals surface area contributed by atoms with Crippen molar-refractivity contribution in [1.82, 2.24) is 34.6 Å². The quantitative estimate of drug-likeness (QED) is 0.181. The molecule has 1 aliphatic heterocycles. The van der Waals surface area contributed by atoms with Gasteiger partial charge < -0.3 is 9.74 Å². The van der Waals surface area contributed by atoms with Crippen molar-refractivity contribution in [3.63, 3.8) is 0 Å². The van der Waals surface area contributed by atoms with Crippen LogP contribution in [0.2, 0.25) is 18.1 Å². The third-order valence-electron chi connectivity index (χ3n) is 8.37. The van der Waals surface area contributed by atoms with Crippen molar-refractivity contribution in [3.05, 3.63) is 53.6 Å². The monoisotopic (exact) mass is 655 g/mol. The number of fused-ring (bicyclic) bond motifs is 3. The van der Waals surface area contributed by atoms with E-state index in [-0.39, 0.29) is 27.9 Å². The minimum atomic E-state index is -4.87. The topological polar surface area (TPSA) is 115 Å². The molecule has 0 bridgehead atoms. The van der Waals surface area contributed by atoms with Crippen LogP contribution in [-0.2, 0) is 9.84 Å². The average molecular weight is 656 g/mol.